The minimum absolute atomic E-state index is 0.202. The molecule has 1 rings (SSSR count). The molecule has 1 aromatic heterocycles. The predicted octanol–water partition coefficient (Wildman–Crippen LogP) is -0.00190. The van der Waals surface area contributed by atoms with Gasteiger partial charge in [-0.1, -0.05) is 0 Å². The molecule has 0 spiro atoms. The monoisotopic (exact) mass is 212 g/mol. The highest BCUT2D eigenvalue weighted by atomic mass is 16.5. The summed E-state index contributed by atoms with van der Waals surface area (Å²) in [5, 5.41) is 0. The number of methoxy groups -OCH3 is 1. The minimum atomic E-state index is 0.202. The number of aryl methyl sites for hydroxylation is 1. The third kappa shape index (κ3) is 3.02. The molecule has 15 heavy (non-hydrogen) atoms. The number of imidazole rings is 1. The van der Waals surface area contributed by atoms with Crippen molar-refractivity contribution in [2.45, 2.75) is 6.04 Å². The standard InChI is InChI=1S/C10H20N4O/c1-13(4-5-15-3)9(6-11)10-7-12-8-14(10)2/h7-9H,4-6,11H2,1-3H3. The zero-order valence-corrected chi connectivity index (χ0v) is 9.68. The van der Waals surface area contributed by atoms with Gasteiger partial charge >= 0.3 is 0 Å². The topological polar surface area (TPSA) is 56.3 Å². The molecule has 1 aromatic rings. The molecule has 5 nitrogen and oxygen atoms in total. The van der Waals surface area contributed by atoms with Crippen molar-refractivity contribution < 1.29 is 4.74 Å². The van der Waals surface area contributed by atoms with E-state index in [1.165, 1.54) is 0 Å². The van der Waals surface area contributed by atoms with Crippen LogP contribution in [0, 0.1) is 0 Å². The summed E-state index contributed by atoms with van der Waals surface area (Å²) in [4.78, 5) is 6.28. The van der Waals surface area contributed by atoms with Gasteiger partial charge in [0.2, 0.25) is 0 Å². The summed E-state index contributed by atoms with van der Waals surface area (Å²) in [7, 11) is 5.73. The van der Waals surface area contributed by atoms with Gasteiger partial charge in [0.1, 0.15) is 0 Å². The number of nitrogens with two attached hydrogens (primary N) is 1. The quantitative estimate of drug-likeness (QED) is 0.721. The van der Waals surface area contributed by atoms with E-state index in [4.69, 9.17) is 10.5 Å². The normalized spacial score (nSPS) is 13.4. The third-order valence-electron chi connectivity index (χ3n) is 2.60. The predicted molar refractivity (Wildman–Crippen MR) is 59.5 cm³/mol. The fraction of sp³-hybridized carbons (Fsp3) is 0.700. The van der Waals surface area contributed by atoms with Crippen LogP contribution in [0.5, 0.6) is 0 Å². The minimum Gasteiger partial charge on any atom is -0.383 e. The van der Waals surface area contributed by atoms with Crippen LogP contribution in [0.4, 0.5) is 0 Å². The van der Waals surface area contributed by atoms with Crippen LogP contribution in [-0.4, -0.2) is 48.3 Å². The Morgan fingerprint density at radius 2 is 2.40 bits per heavy atom. The largest absolute Gasteiger partial charge is 0.383 e. The van der Waals surface area contributed by atoms with Gasteiger partial charge in [-0.05, 0) is 7.05 Å². The van der Waals surface area contributed by atoms with Crippen LogP contribution >= 0.6 is 0 Å². The van der Waals surface area contributed by atoms with Gasteiger partial charge in [0.15, 0.2) is 0 Å². The lowest BCUT2D eigenvalue weighted by Gasteiger charge is -2.26. The first-order valence-corrected chi connectivity index (χ1v) is 5.06. The van der Waals surface area contributed by atoms with E-state index in [2.05, 4.69) is 9.88 Å². The fourth-order valence-electron chi connectivity index (χ4n) is 1.61. The van der Waals surface area contributed by atoms with Crippen LogP contribution in [0.1, 0.15) is 11.7 Å². The van der Waals surface area contributed by atoms with Crippen molar-refractivity contribution in [3.8, 4) is 0 Å². The van der Waals surface area contributed by atoms with Crippen molar-refractivity contribution in [3.05, 3.63) is 18.2 Å². The van der Waals surface area contributed by atoms with Gasteiger partial charge in [-0.2, -0.15) is 0 Å². The second kappa shape index (κ2) is 5.85. The summed E-state index contributed by atoms with van der Waals surface area (Å²) >= 11 is 0. The van der Waals surface area contributed by atoms with Crippen molar-refractivity contribution in [3.63, 3.8) is 0 Å². The number of hydrogen-bond acceptors (Lipinski definition) is 4. The number of ether oxygens (including phenoxy) is 1. The van der Waals surface area contributed by atoms with E-state index in [1.54, 1.807) is 13.4 Å². The smallest absolute Gasteiger partial charge is 0.0946 e. The summed E-state index contributed by atoms with van der Waals surface area (Å²) in [5.74, 6) is 0. The Bertz CT molecular complexity index is 287. The van der Waals surface area contributed by atoms with Gasteiger partial charge in [0, 0.05) is 33.4 Å². The summed E-state index contributed by atoms with van der Waals surface area (Å²) in [6, 6.07) is 0.202. The van der Waals surface area contributed by atoms with Gasteiger partial charge in [0.25, 0.3) is 0 Å². The van der Waals surface area contributed by atoms with Gasteiger partial charge in [-0.3, -0.25) is 4.90 Å². The first-order valence-electron chi connectivity index (χ1n) is 5.06. The Morgan fingerprint density at radius 1 is 1.67 bits per heavy atom. The molecule has 0 saturated heterocycles. The van der Waals surface area contributed by atoms with Gasteiger partial charge in [-0.25, -0.2) is 4.98 Å². The molecule has 0 aliphatic carbocycles. The van der Waals surface area contributed by atoms with Crippen LogP contribution < -0.4 is 5.73 Å². The van der Waals surface area contributed by atoms with Crippen LogP contribution in [0.25, 0.3) is 0 Å². The zero-order chi connectivity index (χ0) is 11.3. The second-order valence-electron chi connectivity index (χ2n) is 3.65. The average molecular weight is 212 g/mol. The highest BCUT2D eigenvalue weighted by molar-refractivity contribution is 5.05. The number of nitrogens with zero attached hydrogens (tertiary/aromatic N) is 3. The maximum Gasteiger partial charge on any atom is 0.0946 e. The summed E-state index contributed by atoms with van der Waals surface area (Å²) in [5.41, 5.74) is 6.92. The molecule has 0 saturated carbocycles. The Balaban J connectivity index is 2.67. The molecule has 0 aliphatic rings. The van der Waals surface area contributed by atoms with E-state index >= 15 is 0 Å². The molecule has 0 fully saturated rings. The maximum absolute atomic E-state index is 5.78. The number of rotatable bonds is 6. The Hall–Kier alpha value is -0.910. The second-order valence-corrected chi connectivity index (χ2v) is 3.65. The van der Waals surface area contributed by atoms with Crippen LogP contribution in [-0.2, 0) is 11.8 Å². The van der Waals surface area contributed by atoms with Crippen molar-refractivity contribution in [1.82, 2.24) is 14.5 Å². The molecule has 0 aromatic carbocycles. The van der Waals surface area contributed by atoms with Gasteiger partial charge < -0.3 is 15.0 Å². The zero-order valence-electron chi connectivity index (χ0n) is 9.68. The fourth-order valence-corrected chi connectivity index (χ4v) is 1.61. The maximum atomic E-state index is 5.78. The van der Waals surface area contributed by atoms with Crippen molar-refractivity contribution in [2.24, 2.45) is 12.8 Å². The molecular weight excluding hydrogens is 192 g/mol. The van der Waals surface area contributed by atoms with E-state index in [9.17, 15) is 0 Å². The highest BCUT2D eigenvalue weighted by Gasteiger charge is 2.17. The van der Waals surface area contributed by atoms with Crippen molar-refractivity contribution in [2.75, 3.05) is 33.9 Å². The summed E-state index contributed by atoms with van der Waals surface area (Å²) < 4.78 is 7.05. The Morgan fingerprint density at radius 3 is 2.87 bits per heavy atom. The first-order chi connectivity index (χ1) is 7.20. The summed E-state index contributed by atoms with van der Waals surface area (Å²) in [6.45, 7) is 2.16. The molecule has 1 heterocycles. The number of hydrogen-bond donors (Lipinski definition) is 1. The summed E-state index contributed by atoms with van der Waals surface area (Å²) in [6.07, 6.45) is 3.66. The number of aromatic nitrogens is 2. The van der Waals surface area contributed by atoms with Gasteiger partial charge in [0.05, 0.1) is 24.7 Å². The molecule has 86 valence electrons. The molecule has 1 unspecified atom stereocenters. The molecule has 0 amide bonds. The molecule has 5 heteroatoms. The molecule has 0 bridgehead atoms. The Kier molecular flexibility index (Phi) is 4.74. The van der Waals surface area contributed by atoms with E-state index < -0.39 is 0 Å². The lowest BCUT2D eigenvalue weighted by molar-refractivity contribution is 0.138. The molecule has 1 atom stereocenters. The molecular formula is C10H20N4O. The molecule has 0 radical (unpaired) electrons. The number of likely N-dealkylation sites (N-methyl/N-ethyl adjacent to an activating group) is 1. The van der Waals surface area contributed by atoms with E-state index in [0.717, 1.165) is 12.2 Å². The van der Waals surface area contributed by atoms with Crippen LogP contribution in [0.15, 0.2) is 12.5 Å². The third-order valence-corrected chi connectivity index (χ3v) is 2.60. The lowest BCUT2D eigenvalue weighted by atomic mass is 10.2. The SMILES string of the molecule is COCCN(C)C(CN)c1cncn1C. The first kappa shape index (κ1) is 12.2. The van der Waals surface area contributed by atoms with E-state index in [0.29, 0.717) is 13.2 Å². The molecule has 2 N–H and O–H groups in total. The van der Waals surface area contributed by atoms with E-state index in [1.807, 2.05) is 24.9 Å². The average Bonchev–Trinajstić information content (AvgIpc) is 2.63. The molecule has 0 aliphatic heterocycles. The highest BCUT2D eigenvalue weighted by Crippen LogP contribution is 2.16. The van der Waals surface area contributed by atoms with Crippen LogP contribution in [0.2, 0.25) is 0 Å². The lowest BCUT2D eigenvalue weighted by Crippen LogP contribution is -2.34. The van der Waals surface area contributed by atoms with Gasteiger partial charge in [-0.15, -0.1) is 0 Å². The van der Waals surface area contributed by atoms with Crippen molar-refractivity contribution >= 4 is 0 Å². The van der Waals surface area contributed by atoms with Crippen LogP contribution in [0.3, 0.4) is 0 Å². The van der Waals surface area contributed by atoms with Crippen molar-refractivity contribution in [1.29, 1.82) is 0 Å². The van der Waals surface area contributed by atoms with E-state index in [-0.39, 0.29) is 6.04 Å². The Labute approximate surface area is 90.8 Å².